The lowest BCUT2D eigenvalue weighted by Crippen LogP contribution is -2.45. The van der Waals surface area contributed by atoms with E-state index in [2.05, 4.69) is 20.7 Å². The van der Waals surface area contributed by atoms with Crippen LogP contribution in [0, 0.1) is 0 Å². The largest absolute Gasteiger partial charge is 0.497 e. The van der Waals surface area contributed by atoms with Crippen molar-refractivity contribution < 1.29 is 19.1 Å². The van der Waals surface area contributed by atoms with Crippen LogP contribution in [0.4, 0.5) is 0 Å². The first-order valence-electron chi connectivity index (χ1n) is 12.9. The van der Waals surface area contributed by atoms with Crippen molar-refractivity contribution in [3.63, 3.8) is 0 Å². The summed E-state index contributed by atoms with van der Waals surface area (Å²) in [4.78, 5) is 31.1. The van der Waals surface area contributed by atoms with Gasteiger partial charge in [-0.3, -0.25) is 9.59 Å². The van der Waals surface area contributed by atoms with Gasteiger partial charge in [0, 0.05) is 35.2 Å². The third kappa shape index (κ3) is 6.67. The highest BCUT2D eigenvalue weighted by Crippen LogP contribution is 2.29. The summed E-state index contributed by atoms with van der Waals surface area (Å²) in [7, 11) is 1.59. The van der Waals surface area contributed by atoms with Crippen LogP contribution in [0.2, 0.25) is 5.02 Å². The van der Waals surface area contributed by atoms with Crippen LogP contribution in [0.3, 0.4) is 0 Å². The van der Waals surface area contributed by atoms with E-state index in [4.69, 9.17) is 21.1 Å². The van der Waals surface area contributed by atoms with Gasteiger partial charge in [-0.1, -0.05) is 35.9 Å². The van der Waals surface area contributed by atoms with Gasteiger partial charge in [-0.05, 0) is 65.4 Å². The number of methoxy groups -OCH3 is 1. The first-order chi connectivity index (χ1) is 19.5. The van der Waals surface area contributed by atoms with Gasteiger partial charge >= 0.3 is 0 Å². The number of halogens is 1. The molecular formula is C28H29ClN6O4S. The number of amides is 2. The summed E-state index contributed by atoms with van der Waals surface area (Å²) in [5, 5.41) is 18.0. The van der Waals surface area contributed by atoms with Gasteiger partial charge in [0.2, 0.25) is 17.6 Å². The number of ether oxygens (including phenoxy) is 2. The molecule has 1 fully saturated rings. The van der Waals surface area contributed by atoms with Gasteiger partial charge in [-0.25, -0.2) is 0 Å². The average Bonchev–Trinajstić information content (AvgIpc) is 3.77. The molecule has 5 rings (SSSR count). The Morgan fingerprint density at radius 2 is 2.02 bits per heavy atom. The van der Waals surface area contributed by atoms with Crippen molar-refractivity contribution in [3.8, 4) is 17.1 Å². The lowest BCUT2D eigenvalue weighted by Gasteiger charge is -2.31. The number of aromatic nitrogens is 4. The molecule has 208 valence electrons. The Labute approximate surface area is 240 Å². The molecule has 2 unspecified atom stereocenters. The van der Waals surface area contributed by atoms with Gasteiger partial charge in [0.1, 0.15) is 18.3 Å². The van der Waals surface area contributed by atoms with Crippen LogP contribution >= 0.6 is 22.9 Å². The monoisotopic (exact) mass is 580 g/mol. The van der Waals surface area contributed by atoms with E-state index in [-0.39, 0.29) is 31.0 Å². The van der Waals surface area contributed by atoms with Crippen LogP contribution in [0.1, 0.15) is 29.3 Å². The normalized spacial score (nSPS) is 15.5. The van der Waals surface area contributed by atoms with Gasteiger partial charge in [-0.2, -0.15) is 4.80 Å². The van der Waals surface area contributed by atoms with Crippen LogP contribution < -0.4 is 10.1 Å². The highest BCUT2D eigenvalue weighted by molar-refractivity contribution is 7.10. The summed E-state index contributed by atoms with van der Waals surface area (Å²) in [6.07, 6.45) is 1.83. The van der Waals surface area contributed by atoms with E-state index in [9.17, 15) is 9.59 Å². The van der Waals surface area contributed by atoms with Crippen molar-refractivity contribution in [2.45, 2.75) is 38.1 Å². The summed E-state index contributed by atoms with van der Waals surface area (Å²) < 4.78 is 10.9. The summed E-state index contributed by atoms with van der Waals surface area (Å²) in [6.45, 7) is 0.975. The van der Waals surface area contributed by atoms with E-state index < -0.39 is 6.04 Å². The van der Waals surface area contributed by atoms with Crippen molar-refractivity contribution >= 4 is 34.8 Å². The molecule has 10 nitrogen and oxygen atoms in total. The molecule has 1 aliphatic rings. The smallest absolute Gasteiger partial charge is 0.248 e. The van der Waals surface area contributed by atoms with Gasteiger partial charge in [0.05, 0.1) is 13.2 Å². The Bertz CT molecular complexity index is 1420. The zero-order valence-electron chi connectivity index (χ0n) is 21.9. The molecule has 0 bridgehead atoms. The van der Waals surface area contributed by atoms with Crippen molar-refractivity contribution in [2.24, 2.45) is 0 Å². The molecule has 3 heterocycles. The van der Waals surface area contributed by atoms with Crippen LogP contribution in [0.15, 0.2) is 66.0 Å². The number of rotatable bonds is 11. The van der Waals surface area contributed by atoms with E-state index in [1.807, 2.05) is 47.8 Å². The van der Waals surface area contributed by atoms with Gasteiger partial charge < -0.3 is 19.7 Å². The zero-order valence-corrected chi connectivity index (χ0v) is 23.5. The Hall–Kier alpha value is -3.80. The Morgan fingerprint density at radius 3 is 2.73 bits per heavy atom. The zero-order chi connectivity index (χ0) is 27.9. The summed E-state index contributed by atoms with van der Waals surface area (Å²) >= 11 is 7.89. The molecule has 2 atom stereocenters. The maximum Gasteiger partial charge on any atom is 0.248 e. The third-order valence-electron chi connectivity index (χ3n) is 6.60. The molecule has 0 radical (unpaired) electrons. The Morgan fingerprint density at radius 1 is 1.20 bits per heavy atom. The first kappa shape index (κ1) is 27.8. The van der Waals surface area contributed by atoms with Crippen LogP contribution in [-0.4, -0.2) is 63.3 Å². The Kier molecular flexibility index (Phi) is 9.04. The molecule has 0 saturated carbocycles. The lowest BCUT2D eigenvalue weighted by atomic mass is 10.1. The maximum atomic E-state index is 13.9. The summed E-state index contributed by atoms with van der Waals surface area (Å²) in [5.41, 5.74) is 1.45. The molecule has 2 aromatic carbocycles. The number of carbonyl (C=O) groups excluding carboxylic acids is 2. The molecule has 1 N–H and O–H groups in total. The summed E-state index contributed by atoms with van der Waals surface area (Å²) in [5.74, 6) is 0.434. The topological polar surface area (TPSA) is 111 Å². The van der Waals surface area contributed by atoms with Gasteiger partial charge in [0.25, 0.3) is 0 Å². The molecule has 0 spiro atoms. The second kappa shape index (κ2) is 13.0. The van der Waals surface area contributed by atoms with Crippen molar-refractivity contribution in [1.82, 2.24) is 30.4 Å². The molecule has 40 heavy (non-hydrogen) atoms. The van der Waals surface area contributed by atoms with Gasteiger partial charge in [-0.15, -0.1) is 21.5 Å². The molecule has 12 heteroatoms. The maximum absolute atomic E-state index is 13.9. The molecular weight excluding hydrogens is 552 g/mol. The highest BCUT2D eigenvalue weighted by Gasteiger charge is 2.34. The number of benzene rings is 2. The van der Waals surface area contributed by atoms with E-state index in [0.29, 0.717) is 29.7 Å². The summed E-state index contributed by atoms with van der Waals surface area (Å²) in [6, 6.07) is 17.3. The SMILES string of the molecule is COc1ccc(-c2nnn(CC(=O)N(Cc3ccccc3Cl)C(C(=O)NCC3CCCO3)c3cccs3)n2)cc1. The Balaban J connectivity index is 1.41. The molecule has 1 saturated heterocycles. The minimum Gasteiger partial charge on any atom is -0.497 e. The third-order valence-corrected chi connectivity index (χ3v) is 7.89. The number of nitrogens with zero attached hydrogens (tertiary/aromatic N) is 5. The van der Waals surface area contributed by atoms with E-state index in [0.717, 1.165) is 28.8 Å². The minimum absolute atomic E-state index is 0.0311. The second-order valence-corrected chi connectivity index (χ2v) is 10.7. The van der Waals surface area contributed by atoms with Crippen LogP contribution in [-0.2, 0) is 27.4 Å². The molecule has 2 amide bonds. The number of carbonyl (C=O) groups is 2. The lowest BCUT2D eigenvalue weighted by molar-refractivity contribution is -0.142. The molecule has 0 aliphatic carbocycles. The van der Waals surface area contributed by atoms with Gasteiger partial charge in [0.15, 0.2) is 0 Å². The quantitative estimate of drug-likeness (QED) is 0.284. The average molecular weight is 581 g/mol. The molecule has 4 aromatic rings. The van der Waals surface area contributed by atoms with Crippen LogP contribution in [0.25, 0.3) is 11.4 Å². The molecule has 1 aliphatic heterocycles. The van der Waals surface area contributed by atoms with Crippen molar-refractivity contribution in [3.05, 3.63) is 81.5 Å². The number of thiophene rings is 1. The predicted molar refractivity (Wildman–Crippen MR) is 151 cm³/mol. The number of tetrazole rings is 1. The predicted octanol–water partition coefficient (Wildman–Crippen LogP) is 4.13. The van der Waals surface area contributed by atoms with E-state index in [1.54, 1.807) is 25.3 Å². The van der Waals surface area contributed by atoms with Crippen molar-refractivity contribution in [2.75, 3.05) is 20.3 Å². The van der Waals surface area contributed by atoms with E-state index >= 15 is 0 Å². The highest BCUT2D eigenvalue weighted by atomic mass is 35.5. The number of nitrogens with one attached hydrogen (secondary N) is 1. The van der Waals surface area contributed by atoms with Crippen LogP contribution in [0.5, 0.6) is 5.75 Å². The van der Waals surface area contributed by atoms with Crippen molar-refractivity contribution in [1.29, 1.82) is 0 Å². The fraction of sp³-hybridized carbons (Fsp3) is 0.321. The van der Waals surface area contributed by atoms with E-state index in [1.165, 1.54) is 21.0 Å². The second-order valence-electron chi connectivity index (χ2n) is 9.28. The fourth-order valence-corrected chi connectivity index (χ4v) is 5.53. The first-order valence-corrected chi connectivity index (χ1v) is 14.2. The fourth-order valence-electron chi connectivity index (χ4n) is 4.50. The minimum atomic E-state index is -0.880. The number of hydrogen-bond donors (Lipinski definition) is 1. The molecule has 2 aromatic heterocycles. The number of hydrogen-bond acceptors (Lipinski definition) is 8. The standard InChI is InChI=1S/C28H29ClN6O4S/c1-38-21-12-10-19(11-13-21)27-31-33-35(32-27)18-25(36)34(17-20-6-2-3-8-23(20)29)26(24-9-5-15-40-24)28(37)30-16-22-7-4-14-39-22/h2-3,5-6,8-13,15,22,26H,4,7,14,16-18H2,1H3,(H,30,37).